The molecule has 2 saturated heterocycles. The molecular formula is C15H20ClN3O. The number of piperidine rings is 1. The Bertz CT molecular complexity index is 480. The van der Waals surface area contributed by atoms with Crippen molar-refractivity contribution < 1.29 is 4.79 Å². The van der Waals surface area contributed by atoms with Gasteiger partial charge in [0.25, 0.3) is 0 Å². The normalized spacial score (nSPS) is 20.4. The topological polar surface area (TPSA) is 36.4 Å². The predicted octanol–water partition coefficient (Wildman–Crippen LogP) is 2.57. The third kappa shape index (κ3) is 2.75. The van der Waals surface area contributed by atoms with E-state index in [1.807, 2.05) is 11.0 Å². The number of hydrogen-bond acceptors (Lipinski definition) is 3. The Morgan fingerprint density at radius 2 is 1.90 bits per heavy atom. The molecule has 0 aliphatic carbocycles. The van der Waals surface area contributed by atoms with Gasteiger partial charge in [0.15, 0.2) is 0 Å². The number of amides is 1. The summed E-state index contributed by atoms with van der Waals surface area (Å²) in [5.74, 6) is 0.563. The van der Waals surface area contributed by atoms with Crippen LogP contribution in [0.1, 0.15) is 25.7 Å². The summed E-state index contributed by atoms with van der Waals surface area (Å²) in [6.07, 6.45) is 7.62. The Morgan fingerprint density at radius 1 is 1.20 bits per heavy atom. The first-order valence-corrected chi connectivity index (χ1v) is 7.77. The molecule has 0 spiro atoms. The van der Waals surface area contributed by atoms with Crippen molar-refractivity contribution in [2.75, 3.05) is 31.1 Å². The summed E-state index contributed by atoms with van der Waals surface area (Å²) in [6, 6.07) is 1.95. The highest BCUT2D eigenvalue weighted by atomic mass is 35.5. The average molecular weight is 294 g/mol. The molecule has 3 heterocycles. The SMILES string of the molecule is O=C(C1CCN(c2ccncc2Cl)CC1)N1CCCC1. The van der Waals surface area contributed by atoms with Crippen LogP contribution in [0.5, 0.6) is 0 Å². The first-order chi connectivity index (χ1) is 9.75. The minimum atomic E-state index is 0.199. The quantitative estimate of drug-likeness (QED) is 0.841. The van der Waals surface area contributed by atoms with Gasteiger partial charge in [-0.25, -0.2) is 0 Å². The van der Waals surface area contributed by atoms with Crippen molar-refractivity contribution >= 4 is 23.2 Å². The van der Waals surface area contributed by atoms with Crippen molar-refractivity contribution in [3.05, 3.63) is 23.5 Å². The van der Waals surface area contributed by atoms with Crippen LogP contribution in [0, 0.1) is 5.92 Å². The Hall–Kier alpha value is -1.29. The van der Waals surface area contributed by atoms with E-state index >= 15 is 0 Å². The predicted molar refractivity (Wildman–Crippen MR) is 80.0 cm³/mol. The number of anilines is 1. The first-order valence-electron chi connectivity index (χ1n) is 7.39. The summed E-state index contributed by atoms with van der Waals surface area (Å²) in [5, 5.41) is 0.691. The van der Waals surface area contributed by atoms with Gasteiger partial charge in [0.1, 0.15) is 0 Å². The second kappa shape index (κ2) is 6.00. The molecule has 1 amide bonds. The van der Waals surface area contributed by atoms with Crippen molar-refractivity contribution in [2.24, 2.45) is 5.92 Å². The lowest BCUT2D eigenvalue weighted by atomic mass is 9.95. The van der Waals surface area contributed by atoms with E-state index < -0.39 is 0 Å². The summed E-state index contributed by atoms with van der Waals surface area (Å²) < 4.78 is 0. The van der Waals surface area contributed by atoms with Gasteiger partial charge in [0.05, 0.1) is 10.7 Å². The molecule has 1 aromatic heterocycles. The van der Waals surface area contributed by atoms with E-state index in [0.717, 1.165) is 57.5 Å². The Morgan fingerprint density at radius 3 is 2.55 bits per heavy atom. The van der Waals surface area contributed by atoms with E-state index in [0.29, 0.717) is 10.9 Å². The van der Waals surface area contributed by atoms with Crippen molar-refractivity contribution in [3.63, 3.8) is 0 Å². The molecule has 2 aliphatic rings. The Balaban J connectivity index is 1.59. The summed E-state index contributed by atoms with van der Waals surface area (Å²) in [4.78, 5) is 20.7. The highest BCUT2D eigenvalue weighted by Gasteiger charge is 2.30. The van der Waals surface area contributed by atoms with Crippen molar-refractivity contribution in [1.82, 2.24) is 9.88 Å². The molecule has 0 N–H and O–H groups in total. The molecule has 3 rings (SSSR count). The molecule has 0 unspecified atom stereocenters. The van der Waals surface area contributed by atoms with E-state index in [4.69, 9.17) is 11.6 Å². The van der Waals surface area contributed by atoms with Crippen LogP contribution in [0.25, 0.3) is 0 Å². The molecule has 20 heavy (non-hydrogen) atoms. The van der Waals surface area contributed by atoms with Gasteiger partial charge in [-0.15, -0.1) is 0 Å². The zero-order valence-corrected chi connectivity index (χ0v) is 12.4. The highest BCUT2D eigenvalue weighted by Crippen LogP contribution is 2.29. The number of carbonyl (C=O) groups excluding carboxylic acids is 1. The lowest BCUT2D eigenvalue weighted by molar-refractivity contribution is -0.135. The number of aromatic nitrogens is 1. The van der Waals surface area contributed by atoms with Gasteiger partial charge in [0, 0.05) is 44.5 Å². The van der Waals surface area contributed by atoms with E-state index in [1.54, 1.807) is 12.4 Å². The third-order valence-corrected chi connectivity index (χ3v) is 4.64. The van der Waals surface area contributed by atoms with Crippen LogP contribution in [0.2, 0.25) is 5.02 Å². The van der Waals surface area contributed by atoms with Crippen molar-refractivity contribution in [2.45, 2.75) is 25.7 Å². The summed E-state index contributed by atoms with van der Waals surface area (Å²) >= 11 is 6.18. The first kappa shape index (κ1) is 13.7. The smallest absolute Gasteiger partial charge is 0.225 e. The lowest BCUT2D eigenvalue weighted by Crippen LogP contribution is -2.41. The van der Waals surface area contributed by atoms with Crippen LogP contribution in [0.15, 0.2) is 18.5 Å². The molecule has 2 fully saturated rings. The number of halogens is 1. The number of carbonyl (C=O) groups is 1. The van der Waals surface area contributed by atoms with Gasteiger partial charge < -0.3 is 9.80 Å². The number of nitrogens with zero attached hydrogens (tertiary/aromatic N) is 3. The van der Waals surface area contributed by atoms with Crippen LogP contribution < -0.4 is 4.90 Å². The van der Waals surface area contributed by atoms with Crippen LogP contribution in [-0.2, 0) is 4.79 Å². The standard InChI is InChI=1S/C15H20ClN3O/c16-13-11-17-6-3-14(13)18-9-4-12(5-10-18)15(20)19-7-1-2-8-19/h3,6,11-12H,1-2,4-5,7-10H2. The Kier molecular flexibility index (Phi) is 4.10. The fourth-order valence-electron chi connectivity index (χ4n) is 3.19. The zero-order valence-electron chi connectivity index (χ0n) is 11.6. The maximum atomic E-state index is 12.4. The molecule has 5 heteroatoms. The van der Waals surface area contributed by atoms with Gasteiger partial charge in [-0.05, 0) is 31.7 Å². The second-order valence-electron chi connectivity index (χ2n) is 5.62. The number of likely N-dealkylation sites (tertiary alicyclic amines) is 1. The van der Waals surface area contributed by atoms with Crippen LogP contribution in [0.4, 0.5) is 5.69 Å². The number of rotatable bonds is 2. The fraction of sp³-hybridized carbons (Fsp3) is 0.600. The largest absolute Gasteiger partial charge is 0.370 e. The second-order valence-corrected chi connectivity index (χ2v) is 6.03. The molecule has 4 nitrogen and oxygen atoms in total. The third-order valence-electron chi connectivity index (χ3n) is 4.35. The molecule has 0 bridgehead atoms. The summed E-state index contributed by atoms with van der Waals surface area (Å²) in [5.41, 5.74) is 1.04. The minimum Gasteiger partial charge on any atom is -0.370 e. The molecular weight excluding hydrogens is 274 g/mol. The Labute approximate surface area is 124 Å². The molecule has 2 aliphatic heterocycles. The molecule has 108 valence electrons. The minimum absolute atomic E-state index is 0.199. The lowest BCUT2D eigenvalue weighted by Gasteiger charge is -2.34. The summed E-state index contributed by atoms with van der Waals surface area (Å²) in [7, 11) is 0. The molecule has 0 aromatic carbocycles. The van der Waals surface area contributed by atoms with Gasteiger partial charge in [0.2, 0.25) is 5.91 Å². The van der Waals surface area contributed by atoms with Gasteiger partial charge in [-0.3, -0.25) is 9.78 Å². The maximum absolute atomic E-state index is 12.4. The highest BCUT2D eigenvalue weighted by molar-refractivity contribution is 6.33. The van der Waals surface area contributed by atoms with Gasteiger partial charge in [-0.1, -0.05) is 11.6 Å². The average Bonchev–Trinajstić information content (AvgIpc) is 3.01. The molecule has 0 radical (unpaired) electrons. The van der Waals surface area contributed by atoms with Crippen LogP contribution in [-0.4, -0.2) is 42.0 Å². The molecule has 0 saturated carbocycles. The van der Waals surface area contributed by atoms with Crippen molar-refractivity contribution in [3.8, 4) is 0 Å². The zero-order chi connectivity index (χ0) is 13.9. The van der Waals surface area contributed by atoms with E-state index in [9.17, 15) is 4.79 Å². The number of pyridine rings is 1. The van der Waals surface area contributed by atoms with Crippen LogP contribution >= 0.6 is 11.6 Å². The molecule has 1 aromatic rings. The maximum Gasteiger partial charge on any atom is 0.225 e. The van der Waals surface area contributed by atoms with E-state index in [2.05, 4.69) is 9.88 Å². The molecule has 0 atom stereocenters. The van der Waals surface area contributed by atoms with Gasteiger partial charge >= 0.3 is 0 Å². The monoisotopic (exact) mass is 293 g/mol. The van der Waals surface area contributed by atoms with Gasteiger partial charge in [-0.2, -0.15) is 0 Å². The fourth-order valence-corrected chi connectivity index (χ4v) is 3.43. The number of hydrogen-bond donors (Lipinski definition) is 0. The van der Waals surface area contributed by atoms with Crippen LogP contribution in [0.3, 0.4) is 0 Å². The van der Waals surface area contributed by atoms with E-state index in [1.165, 1.54) is 0 Å². The summed E-state index contributed by atoms with van der Waals surface area (Å²) in [6.45, 7) is 3.70. The van der Waals surface area contributed by atoms with Crippen molar-refractivity contribution in [1.29, 1.82) is 0 Å². The van der Waals surface area contributed by atoms with E-state index in [-0.39, 0.29) is 5.92 Å².